The van der Waals surface area contributed by atoms with Gasteiger partial charge in [0.05, 0.1) is 18.1 Å². The first-order valence-electron chi connectivity index (χ1n) is 14.9. The van der Waals surface area contributed by atoms with Crippen molar-refractivity contribution in [2.75, 3.05) is 40.9 Å². The van der Waals surface area contributed by atoms with Crippen LogP contribution in [0.5, 0.6) is 5.75 Å². The second-order valence-electron chi connectivity index (χ2n) is 12.0. The minimum atomic E-state index is -3.66. The molecule has 1 N–H and O–H groups in total. The molecule has 1 aliphatic carbocycles. The van der Waals surface area contributed by atoms with Gasteiger partial charge in [-0.25, -0.2) is 12.8 Å². The summed E-state index contributed by atoms with van der Waals surface area (Å²) in [7, 11) is 1.99. The van der Waals surface area contributed by atoms with Gasteiger partial charge in [-0.3, -0.25) is 4.79 Å². The third kappa shape index (κ3) is 7.33. The minimum absolute atomic E-state index is 0.0309. The topological polar surface area (TPSA) is 88.2 Å². The Hall–Kier alpha value is -2.53. The van der Waals surface area contributed by atoms with Gasteiger partial charge in [-0.1, -0.05) is 12.1 Å². The van der Waals surface area contributed by atoms with Crippen LogP contribution >= 0.6 is 0 Å². The second kappa shape index (κ2) is 13.8. The van der Waals surface area contributed by atoms with E-state index in [9.17, 15) is 17.6 Å². The second-order valence-corrected chi connectivity index (χ2v) is 13.9. The van der Waals surface area contributed by atoms with Crippen LogP contribution in [0.4, 0.5) is 4.39 Å². The first-order valence-corrected chi connectivity index (χ1v) is 16.3. The van der Waals surface area contributed by atoms with Gasteiger partial charge in [0.25, 0.3) is 0 Å². The number of carbonyl (C=O) groups excluding carboxylic acids is 1. The van der Waals surface area contributed by atoms with Crippen molar-refractivity contribution in [1.29, 1.82) is 0 Å². The van der Waals surface area contributed by atoms with Crippen LogP contribution in [0.1, 0.15) is 66.8 Å². The largest absolute Gasteiger partial charge is 0.496 e. The number of hydrogen-bond acceptors (Lipinski definition) is 6. The molecule has 1 atom stereocenters. The van der Waals surface area contributed by atoms with E-state index in [1.807, 2.05) is 34.0 Å². The Morgan fingerprint density at radius 1 is 1.05 bits per heavy atom. The molecule has 1 heterocycles. The molecule has 1 aliphatic heterocycles. The molecule has 2 fully saturated rings. The monoisotopic (exact) mass is 603 g/mol. The van der Waals surface area contributed by atoms with Gasteiger partial charge in [0.2, 0.25) is 15.9 Å². The van der Waals surface area contributed by atoms with Crippen LogP contribution < -0.4 is 10.1 Å². The van der Waals surface area contributed by atoms with Crippen molar-refractivity contribution in [2.24, 2.45) is 5.92 Å². The molecule has 4 rings (SSSR count). The van der Waals surface area contributed by atoms with Crippen LogP contribution in [-0.4, -0.2) is 76.6 Å². The molecule has 0 radical (unpaired) electrons. The number of benzene rings is 2. The van der Waals surface area contributed by atoms with E-state index in [1.54, 1.807) is 32.2 Å². The summed E-state index contributed by atoms with van der Waals surface area (Å²) in [6.45, 7) is 6.16. The predicted molar refractivity (Wildman–Crippen MR) is 162 cm³/mol. The number of amides is 1. The maximum absolute atomic E-state index is 13.9. The molecule has 0 bridgehead atoms. The molecule has 2 aromatic rings. The van der Waals surface area contributed by atoms with Crippen molar-refractivity contribution in [3.05, 3.63) is 58.4 Å². The Morgan fingerprint density at radius 2 is 1.71 bits per heavy atom. The number of halogens is 1. The Bertz CT molecular complexity index is 1350. The number of piperidine rings is 1. The summed E-state index contributed by atoms with van der Waals surface area (Å²) in [4.78, 5) is 15.2. The number of aryl methyl sites for hydroxylation is 1. The zero-order chi connectivity index (χ0) is 30.6. The average Bonchev–Trinajstić information content (AvgIpc) is 2.95. The molecule has 0 spiro atoms. The molecular weight excluding hydrogens is 557 g/mol. The first-order chi connectivity index (χ1) is 19.9. The van der Waals surface area contributed by atoms with Crippen molar-refractivity contribution < 1.29 is 27.1 Å². The number of rotatable bonds is 10. The van der Waals surface area contributed by atoms with E-state index in [0.29, 0.717) is 53.6 Å². The number of hydrogen-bond donors (Lipinski definition) is 1. The van der Waals surface area contributed by atoms with Crippen molar-refractivity contribution in [3.8, 4) is 5.75 Å². The fourth-order valence-electron chi connectivity index (χ4n) is 6.72. The summed E-state index contributed by atoms with van der Waals surface area (Å²) in [5.74, 6) is 0.721. The highest BCUT2D eigenvalue weighted by molar-refractivity contribution is 7.89. The molecule has 2 aliphatic rings. The van der Waals surface area contributed by atoms with Gasteiger partial charge in [-0.05, 0) is 120 Å². The van der Waals surface area contributed by atoms with Gasteiger partial charge < -0.3 is 19.7 Å². The Morgan fingerprint density at radius 3 is 2.31 bits per heavy atom. The molecule has 1 unspecified atom stereocenters. The van der Waals surface area contributed by atoms with Gasteiger partial charge in [0.15, 0.2) is 0 Å². The highest BCUT2D eigenvalue weighted by atomic mass is 32.2. The summed E-state index contributed by atoms with van der Waals surface area (Å²) >= 11 is 0. The SMILES string of the molecule is COc1cc(C)c(S(=O)(=O)N2CCC(OCC(=O)NC3CCC(C(c4cccc(F)c4)N(C)C)CC3)CC2)c(C)c1C. The number of nitrogens with one attached hydrogen (secondary N) is 1. The van der Waals surface area contributed by atoms with Crippen molar-refractivity contribution in [2.45, 2.75) is 82.4 Å². The van der Waals surface area contributed by atoms with Gasteiger partial charge >= 0.3 is 0 Å². The van der Waals surface area contributed by atoms with E-state index >= 15 is 0 Å². The van der Waals surface area contributed by atoms with Crippen molar-refractivity contribution in [1.82, 2.24) is 14.5 Å². The number of carbonyl (C=O) groups is 1. The average molecular weight is 604 g/mol. The Labute approximate surface area is 250 Å². The number of sulfonamides is 1. The molecule has 42 heavy (non-hydrogen) atoms. The third-order valence-electron chi connectivity index (χ3n) is 8.98. The zero-order valence-electron chi connectivity index (χ0n) is 25.8. The molecule has 2 aromatic carbocycles. The summed E-state index contributed by atoms with van der Waals surface area (Å²) in [5, 5.41) is 3.12. The highest BCUT2D eigenvalue weighted by Gasteiger charge is 2.34. The minimum Gasteiger partial charge on any atom is -0.496 e. The van der Waals surface area contributed by atoms with Gasteiger partial charge in [-0.15, -0.1) is 0 Å². The Balaban J connectivity index is 1.23. The van der Waals surface area contributed by atoms with Crippen LogP contribution in [0.3, 0.4) is 0 Å². The number of methoxy groups -OCH3 is 1. The maximum atomic E-state index is 13.9. The molecule has 0 aromatic heterocycles. The van der Waals surface area contributed by atoms with Crippen LogP contribution in [0.15, 0.2) is 35.2 Å². The van der Waals surface area contributed by atoms with Gasteiger partial charge in [0.1, 0.15) is 18.2 Å². The standard InChI is InChI=1S/C32H46FN3O5S/c1-21-18-29(40-6)22(2)23(3)32(21)42(38,39)36-16-14-28(15-17-36)41-20-30(37)34-27-12-10-24(11-13-27)31(35(4)5)25-8-7-9-26(33)19-25/h7-9,18-19,24,27-28,31H,10-17,20H2,1-6H3,(H,34,37). The predicted octanol–water partition coefficient (Wildman–Crippen LogP) is 4.91. The van der Waals surface area contributed by atoms with Gasteiger partial charge in [0, 0.05) is 25.2 Å². The van der Waals surface area contributed by atoms with Crippen LogP contribution in [0.2, 0.25) is 0 Å². The fraction of sp³-hybridized carbons (Fsp3) is 0.594. The normalized spacial score (nSPS) is 21.3. The van der Waals surface area contributed by atoms with Gasteiger partial charge in [-0.2, -0.15) is 4.31 Å². The quantitative estimate of drug-likeness (QED) is 0.416. The van der Waals surface area contributed by atoms with E-state index in [2.05, 4.69) is 10.2 Å². The zero-order valence-corrected chi connectivity index (χ0v) is 26.6. The van der Waals surface area contributed by atoms with Crippen LogP contribution in [-0.2, 0) is 19.6 Å². The molecule has 232 valence electrons. The van der Waals surface area contributed by atoms with Crippen molar-refractivity contribution in [3.63, 3.8) is 0 Å². The fourth-order valence-corrected chi connectivity index (χ4v) is 8.68. The molecule has 1 saturated heterocycles. The number of nitrogens with zero attached hydrogens (tertiary/aromatic N) is 2. The third-order valence-corrected chi connectivity index (χ3v) is 11.2. The summed E-state index contributed by atoms with van der Waals surface area (Å²) in [6, 6.07) is 8.86. The first kappa shape index (κ1) is 32.4. The number of ether oxygens (including phenoxy) is 2. The molecule has 8 nitrogen and oxygen atoms in total. The lowest BCUT2D eigenvalue weighted by molar-refractivity contribution is -0.129. The highest BCUT2D eigenvalue weighted by Crippen LogP contribution is 2.38. The maximum Gasteiger partial charge on any atom is 0.246 e. The lowest BCUT2D eigenvalue weighted by Crippen LogP contribution is -2.44. The van der Waals surface area contributed by atoms with Crippen LogP contribution in [0.25, 0.3) is 0 Å². The molecule has 10 heteroatoms. The van der Waals surface area contributed by atoms with Crippen molar-refractivity contribution >= 4 is 15.9 Å². The summed E-state index contributed by atoms with van der Waals surface area (Å²) < 4.78 is 53.8. The van der Waals surface area contributed by atoms with E-state index in [0.717, 1.165) is 36.8 Å². The molecule has 1 amide bonds. The molecular formula is C32H46FN3O5S. The lowest BCUT2D eigenvalue weighted by atomic mass is 9.78. The van der Waals surface area contributed by atoms with E-state index in [-0.39, 0.29) is 36.5 Å². The summed E-state index contributed by atoms with van der Waals surface area (Å²) in [6.07, 6.45) is 4.56. The van der Waals surface area contributed by atoms with E-state index in [1.165, 1.54) is 10.4 Å². The Kier molecular flexibility index (Phi) is 10.7. The smallest absolute Gasteiger partial charge is 0.246 e. The molecule has 1 saturated carbocycles. The van der Waals surface area contributed by atoms with E-state index in [4.69, 9.17) is 9.47 Å². The van der Waals surface area contributed by atoms with Crippen LogP contribution in [0, 0.1) is 32.5 Å². The summed E-state index contributed by atoms with van der Waals surface area (Å²) in [5.41, 5.74) is 3.19. The van der Waals surface area contributed by atoms with E-state index < -0.39 is 10.0 Å². The lowest BCUT2D eigenvalue weighted by Gasteiger charge is -2.38.